The maximum Gasteiger partial charge on any atom is 0.0794 e. The van der Waals surface area contributed by atoms with Crippen molar-refractivity contribution in [2.75, 3.05) is 11.1 Å². The van der Waals surface area contributed by atoms with Crippen molar-refractivity contribution in [2.24, 2.45) is 0 Å². The molecule has 0 atom stereocenters. The van der Waals surface area contributed by atoms with E-state index < -0.39 is 0 Å². The molecule has 4 nitrogen and oxygen atoms in total. The summed E-state index contributed by atoms with van der Waals surface area (Å²) in [7, 11) is 0. The Morgan fingerprint density at radius 1 is 1.22 bits per heavy atom. The third kappa shape index (κ3) is 2.00. The van der Waals surface area contributed by atoms with E-state index in [2.05, 4.69) is 15.3 Å². The van der Waals surface area contributed by atoms with E-state index in [1.54, 1.807) is 17.5 Å². The molecule has 0 saturated carbocycles. The second-order valence-electron chi connectivity index (χ2n) is 3.93. The van der Waals surface area contributed by atoms with Gasteiger partial charge in [0.2, 0.25) is 0 Å². The zero-order valence-electron chi connectivity index (χ0n) is 9.63. The Morgan fingerprint density at radius 2 is 2.11 bits per heavy atom. The zero-order valence-corrected chi connectivity index (χ0v) is 10.4. The van der Waals surface area contributed by atoms with Gasteiger partial charge in [0.1, 0.15) is 0 Å². The first-order chi connectivity index (χ1) is 8.84. The molecule has 18 heavy (non-hydrogen) atoms. The molecule has 0 amide bonds. The molecule has 0 aliphatic rings. The fourth-order valence-corrected chi connectivity index (χ4v) is 2.39. The van der Waals surface area contributed by atoms with Crippen LogP contribution in [0.25, 0.3) is 10.9 Å². The molecule has 0 saturated heterocycles. The molecule has 3 rings (SSSR count). The third-order valence-corrected chi connectivity index (χ3v) is 3.51. The number of hydrogen-bond acceptors (Lipinski definition) is 5. The average molecular weight is 256 g/mol. The van der Waals surface area contributed by atoms with Gasteiger partial charge in [-0.2, -0.15) is 0 Å². The Balaban J connectivity index is 1.97. The number of aromatic nitrogens is 2. The molecule has 5 heteroatoms. The van der Waals surface area contributed by atoms with Crippen LogP contribution in [0.1, 0.15) is 4.88 Å². The summed E-state index contributed by atoms with van der Waals surface area (Å²) in [4.78, 5) is 9.54. The van der Waals surface area contributed by atoms with Crippen molar-refractivity contribution in [3.63, 3.8) is 0 Å². The zero-order chi connectivity index (χ0) is 12.4. The number of anilines is 2. The summed E-state index contributed by atoms with van der Waals surface area (Å²) < 4.78 is 0. The summed E-state index contributed by atoms with van der Waals surface area (Å²) in [5.74, 6) is 0. The summed E-state index contributed by atoms with van der Waals surface area (Å²) in [5, 5.41) is 4.41. The quantitative estimate of drug-likeness (QED) is 0.756. The Labute approximate surface area is 109 Å². The Kier molecular flexibility index (Phi) is 2.82. The first-order valence-electron chi connectivity index (χ1n) is 5.59. The lowest BCUT2D eigenvalue weighted by Crippen LogP contribution is -2.02. The number of para-hydroxylation sites is 1. The molecule has 3 N–H and O–H groups in total. The van der Waals surface area contributed by atoms with Crippen molar-refractivity contribution in [3.05, 3.63) is 47.0 Å². The fourth-order valence-electron chi connectivity index (χ4n) is 1.86. The van der Waals surface area contributed by atoms with Gasteiger partial charge in [-0.05, 0) is 6.07 Å². The van der Waals surface area contributed by atoms with Gasteiger partial charge in [0.05, 0.1) is 35.1 Å². The number of rotatable bonds is 3. The fraction of sp³-hybridized carbons (Fsp3) is 0.0769. The molecule has 0 spiro atoms. The van der Waals surface area contributed by atoms with E-state index in [-0.39, 0.29) is 0 Å². The van der Waals surface area contributed by atoms with Gasteiger partial charge >= 0.3 is 0 Å². The Hall–Kier alpha value is -2.14. The Morgan fingerprint density at radius 3 is 2.94 bits per heavy atom. The topological polar surface area (TPSA) is 63.8 Å². The standard InChI is InChI=1S/C13H12N4S/c14-11-7-16-12-4-2-1-3-10(12)13(11)17-6-9-5-15-8-18-9/h1-5,7-8H,6,14H2,(H,16,17). The number of hydrogen-bond donors (Lipinski definition) is 2. The summed E-state index contributed by atoms with van der Waals surface area (Å²) in [6, 6.07) is 7.96. The highest BCUT2D eigenvalue weighted by Gasteiger charge is 2.06. The van der Waals surface area contributed by atoms with Gasteiger partial charge in [-0.3, -0.25) is 9.97 Å². The number of benzene rings is 1. The van der Waals surface area contributed by atoms with Crippen molar-refractivity contribution in [3.8, 4) is 0 Å². The third-order valence-electron chi connectivity index (χ3n) is 2.73. The van der Waals surface area contributed by atoms with Crippen molar-refractivity contribution in [1.82, 2.24) is 9.97 Å². The van der Waals surface area contributed by atoms with Crippen LogP contribution in [-0.2, 0) is 6.54 Å². The van der Waals surface area contributed by atoms with Crippen LogP contribution < -0.4 is 11.1 Å². The monoisotopic (exact) mass is 256 g/mol. The lowest BCUT2D eigenvalue weighted by Gasteiger charge is -2.11. The first-order valence-corrected chi connectivity index (χ1v) is 6.47. The van der Waals surface area contributed by atoms with Gasteiger partial charge in [-0.15, -0.1) is 11.3 Å². The number of nitrogens with zero attached hydrogens (tertiary/aromatic N) is 2. The predicted octanol–water partition coefficient (Wildman–Crippen LogP) is 2.89. The lowest BCUT2D eigenvalue weighted by molar-refractivity contribution is 1.18. The van der Waals surface area contributed by atoms with E-state index in [9.17, 15) is 0 Å². The number of fused-ring (bicyclic) bond motifs is 1. The largest absolute Gasteiger partial charge is 0.396 e. The van der Waals surface area contributed by atoms with Crippen LogP contribution in [0.5, 0.6) is 0 Å². The molecule has 2 heterocycles. The molecular weight excluding hydrogens is 244 g/mol. The van der Waals surface area contributed by atoms with E-state index in [4.69, 9.17) is 5.73 Å². The van der Waals surface area contributed by atoms with Crippen LogP contribution >= 0.6 is 11.3 Å². The molecule has 0 aliphatic carbocycles. The molecular formula is C13H12N4S. The van der Waals surface area contributed by atoms with Gasteiger partial charge in [0.15, 0.2) is 0 Å². The molecule has 1 aromatic carbocycles. The number of nitrogens with one attached hydrogen (secondary N) is 1. The molecule has 0 aliphatic heterocycles. The highest BCUT2D eigenvalue weighted by molar-refractivity contribution is 7.09. The van der Waals surface area contributed by atoms with E-state index in [0.29, 0.717) is 5.69 Å². The van der Waals surface area contributed by atoms with Crippen LogP contribution in [0.2, 0.25) is 0 Å². The van der Waals surface area contributed by atoms with Gasteiger partial charge in [0, 0.05) is 16.5 Å². The average Bonchev–Trinajstić information content (AvgIpc) is 2.91. The first kappa shape index (κ1) is 11.0. The summed E-state index contributed by atoms with van der Waals surface area (Å²) >= 11 is 1.62. The van der Waals surface area contributed by atoms with Crippen molar-refractivity contribution < 1.29 is 0 Å². The summed E-state index contributed by atoms with van der Waals surface area (Å²) in [5.41, 5.74) is 10.4. The number of nitrogen functional groups attached to an aromatic ring is 1. The molecule has 2 aromatic heterocycles. The minimum atomic E-state index is 0.665. The second kappa shape index (κ2) is 4.62. The number of pyridine rings is 1. The van der Waals surface area contributed by atoms with Gasteiger partial charge in [-0.1, -0.05) is 18.2 Å². The summed E-state index contributed by atoms with van der Waals surface area (Å²) in [6.07, 6.45) is 3.55. The highest BCUT2D eigenvalue weighted by Crippen LogP contribution is 2.28. The van der Waals surface area contributed by atoms with Crippen molar-refractivity contribution >= 4 is 33.6 Å². The molecule has 0 radical (unpaired) electrons. The van der Waals surface area contributed by atoms with Crippen LogP contribution in [0, 0.1) is 0 Å². The smallest absolute Gasteiger partial charge is 0.0794 e. The highest BCUT2D eigenvalue weighted by atomic mass is 32.1. The maximum absolute atomic E-state index is 5.99. The molecule has 3 aromatic rings. The van der Waals surface area contributed by atoms with E-state index in [1.807, 2.05) is 36.0 Å². The second-order valence-corrected chi connectivity index (χ2v) is 4.90. The molecule has 0 unspecified atom stereocenters. The molecule has 90 valence electrons. The van der Waals surface area contributed by atoms with E-state index in [1.165, 1.54) is 4.88 Å². The van der Waals surface area contributed by atoms with Gasteiger partial charge < -0.3 is 11.1 Å². The minimum Gasteiger partial charge on any atom is -0.396 e. The van der Waals surface area contributed by atoms with Crippen molar-refractivity contribution in [1.29, 1.82) is 0 Å². The van der Waals surface area contributed by atoms with Crippen LogP contribution in [0.15, 0.2) is 42.2 Å². The van der Waals surface area contributed by atoms with Crippen molar-refractivity contribution in [2.45, 2.75) is 6.54 Å². The number of nitrogens with two attached hydrogens (primary N) is 1. The number of thiazole rings is 1. The predicted molar refractivity (Wildman–Crippen MR) is 75.6 cm³/mol. The van der Waals surface area contributed by atoms with Crippen LogP contribution in [-0.4, -0.2) is 9.97 Å². The van der Waals surface area contributed by atoms with E-state index >= 15 is 0 Å². The van der Waals surface area contributed by atoms with Gasteiger partial charge in [-0.25, -0.2) is 0 Å². The molecule has 0 fully saturated rings. The minimum absolute atomic E-state index is 0.665. The van der Waals surface area contributed by atoms with Crippen LogP contribution in [0.3, 0.4) is 0 Å². The SMILES string of the molecule is Nc1cnc2ccccc2c1NCc1cncs1. The van der Waals surface area contributed by atoms with Gasteiger partial charge in [0.25, 0.3) is 0 Å². The Bertz CT molecular complexity index is 664. The normalized spacial score (nSPS) is 10.7. The summed E-state index contributed by atoms with van der Waals surface area (Å²) in [6.45, 7) is 0.725. The molecule has 0 bridgehead atoms. The lowest BCUT2D eigenvalue weighted by atomic mass is 10.1. The maximum atomic E-state index is 5.99. The van der Waals surface area contributed by atoms with Crippen LogP contribution in [0.4, 0.5) is 11.4 Å². The van der Waals surface area contributed by atoms with E-state index in [0.717, 1.165) is 23.1 Å².